The second-order valence-electron chi connectivity index (χ2n) is 3.84. The highest BCUT2D eigenvalue weighted by atomic mass is 79.9. The van der Waals surface area contributed by atoms with Crippen molar-refractivity contribution in [3.63, 3.8) is 0 Å². The first-order chi connectivity index (χ1) is 8.35. The number of aromatic nitrogens is 1. The highest BCUT2D eigenvalue weighted by Crippen LogP contribution is 2.12. The van der Waals surface area contributed by atoms with E-state index in [-0.39, 0.29) is 17.0 Å². The Hall–Kier alpha value is -1.35. The third-order valence-corrected chi connectivity index (χ3v) is 2.73. The fourth-order valence-electron chi connectivity index (χ4n) is 1.89. The molecule has 0 amide bonds. The van der Waals surface area contributed by atoms with Gasteiger partial charge in [0.15, 0.2) is 11.9 Å². The highest BCUT2D eigenvalue weighted by molar-refractivity contribution is 5.31. The number of pyridine rings is 1. The molecule has 0 aliphatic heterocycles. The Kier molecular flexibility index (Phi) is 5.86. The highest BCUT2D eigenvalue weighted by Gasteiger charge is 2.10. The summed E-state index contributed by atoms with van der Waals surface area (Å²) >= 11 is 0. The smallest absolute Gasteiger partial charge is 0.211 e. The average Bonchev–Trinajstić information content (AvgIpc) is 2.40. The Labute approximate surface area is 119 Å². The van der Waals surface area contributed by atoms with E-state index in [2.05, 4.69) is 48.0 Å². The van der Waals surface area contributed by atoms with Gasteiger partial charge in [-0.25, -0.2) is 0 Å². The summed E-state index contributed by atoms with van der Waals surface area (Å²) in [4.78, 5) is 0. The molecule has 0 saturated heterocycles. The molecule has 3 heteroatoms. The van der Waals surface area contributed by atoms with E-state index in [1.165, 1.54) is 11.4 Å². The SMILES string of the molecule is CCOc1ccc(-[n+]2ccccc2CC)cc1.[Br-]. The molecule has 0 fully saturated rings. The lowest BCUT2D eigenvalue weighted by Gasteiger charge is -2.03. The number of ether oxygens (including phenoxy) is 1. The molecule has 2 nitrogen and oxygen atoms in total. The zero-order chi connectivity index (χ0) is 12.1. The van der Waals surface area contributed by atoms with Crippen LogP contribution in [-0.4, -0.2) is 6.61 Å². The normalized spacial score (nSPS) is 9.67. The van der Waals surface area contributed by atoms with E-state index in [9.17, 15) is 0 Å². The monoisotopic (exact) mass is 307 g/mol. The molecular weight excluding hydrogens is 290 g/mol. The Morgan fingerprint density at radius 3 is 2.33 bits per heavy atom. The van der Waals surface area contributed by atoms with Gasteiger partial charge in [-0.3, -0.25) is 0 Å². The lowest BCUT2D eigenvalue weighted by molar-refractivity contribution is -0.604. The fourth-order valence-corrected chi connectivity index (χ4v) is 1.89. The van der Waals surface area contributed by atoms with Crippen molar-refractivity contribution in [3.8, 4) is 11.4 Å². The molecule has 0 unspecified atom stereocenters. The Morgan fingerprint density at radius 1 is 1.00 bits per heavy atom. The molecule has 2 rings (SSSR count). The molecule has 0 radical (unpaired) electrons. The van der Waals surface area contributed by atoms with Crippen molar-refractivity contribution in [3.05, 3.63) is 54.4 Å². The van der Waals surface area contributed by atoms with Crippen molar-refractivity contribution < 1.29 is 26.3 Å². The van der Waals surface area contributed by atoms with Crippen LogP contribution in [0.15, 0.2) is 48.7 Å². The third kappa shape index (κ3) is 3.33. The molecule has 0 atom stereocenters. The second kappa shape index (κ2) is 7.17. The molecule has 0 bridgehead atoms. The molecule has 0 N–H and O–H groups in total. The van der Waals surface area contributed by atoms with Crippen LogP contribution >= 0.6 is 0 Å². The molecule has 96 valence electrons. The van der Waals surface area contributed by atoms with Gasteiger partial charge in [0.25, 0.3) is 0 Å². The van der Waals surface area contributed by atoms with Crippen molar-refractivity contribution >= 4 is 0 Å². The number of rotatable bonds is 4. The van der Waals surface area contributed by atoms with Crippen molar-refractivity contribution in [2.45, 2.75) is 20.3 Å². The van der Waals surface area contributed by atoms with E-state index >= 15 is 0 Å². The zero-order valence-electron chi connectivity index (χ0n) is 10.8. The summed E-state index contributed by atoms with van der Waals surface area (Å²) in [5.74, 6) is 0.922. The number of benzene rings is 1. The number of hydrogen-bond donors (Lipinski definition) is 0. The molecule has 18 heavy (non-hydrogen) atoms. The van der Waals surface area contributed by atoms with Gasteiger partial charge in [0.05, 0.1) is 6.61 Å². The molecule has 0 saturated carbocycles. The first-order valence-corrected chi connectivity index (χ1v) is 6.08. The van der Waals surface area contributed by atoms with Gasteiger partial charge in [0.1, 0.15) is 5.75 Å². The van der Waals surface area contributed by atoms with E-state index in [0.717, 1.165) is 12.2 Å². The van der Waals surface area contributed by atoms with Crippen molar-refractivity contribution in [1.29, 1.82) is 0 Å². The summed E-state index contributed by atoms with van der Waals surface area (Å²) in [6.07, 6.45) is 3.11. The van der Waals surface area contributed by atoms with Crippen LogP contribution in [0.2, 0.25) is 0 Å². The van der Waals surface area contributed by atoms with Crippen LogP contribution < -0.4 is 26.3 Å². The van der Waals surface area contributed by atoms with Gasteiger partial charge in [-0.2, -0.15) is 4.57 Å². The Balaban J connectivity index is 0.00000162. The van der Waals surface area contributed by atoms with Crippen molar-refractivity contribution in [2.75, 3.05) is 6.61 Å². The van der Waals surface area contributed by atoms with E-state index in [1.54, 1.807) is 0 Å². The summed E-state index contributed by atoms with van der Waals surface area (Å²) in [5.41, 5.74) is 2.47. The van der Waals surface area contributed by atoms with Gasteiger partial charge in [0, 0.05) is 30.7 Å². The van der Waals surface area contributed by atoms with Crippen LogP contribution in [0.1, 0.15) is 19.5 Å². The van der Waals surface area contributed by atoms with Gasteiger partial charge >= 0.3 is 0 Å². The molecule has 1 aromatic heterocycles. The van der Waals surface area contributed by atoms with E-state index in [0.29, 0.717) is 6.61 Å². The molecular formula is C15H18BrNO. The minimum Gasteiger partial charge on any atom is -1.00 e. The standard InChI is InChI=1S/C15H18NO.BrH/c1-3-13-7-5-6-12-16(13)14-8-10-15(11-9-14)17-4-2;/h5-12H,3-4H2,1-2H3;1H/q+1;/p-1. The van der Waals surface area contributed by atoms with Crippen LogP contribution in [0.3, 0.4) is 0 Å². The van der Waals surface area contributed by atoms with Crippen LogP contribution in [0.5, 0.6) is 5.75 Å². The number of hydrogen-bond acceptors (Lipinski definition) is 1. The molecule has 1 aromatic carbocycles. The second-order valence-corrected chi connectivity index (χ2v) is 3.84. The van der Waals surface area contributed by atoms with Crippen molar-refractivity contribution in [1.82, 2.24) is 0 Å². The average molecular weight is 308 g/mol. The lowest BCUT2D eigenvalue weighted by Crippen LogP contribution is -3.00. The molecule has 1 heterocycles. The topological polar surface area (TPSA) is 13.1 Å². The molecule has 2 aromatic rings. The lowest BCUT2D eigenvalue weighted by atomic mass is 10.2. The number of halogens is 1. The summed E-state index contributed by atoms with van der Waals surface area (Å²) in [5, 5.41) is 0. The largest absolute Gasteiger partial charge is 1.00 e. The summed E-state index contributed by atoms with van der Waals surface area (Å²) in [6, 6.07) is 14.5. The first-order valence-electron chi connectivity index (χ1n) is 6.08. The van der Waals surface area contributed by atoms with Gasteiger partial charge in [-0.1, -0.05) is 13.0 Å². The van der Waals surface area contributed by atoms with E-state index < -0.39 is 0 Å². The predicted molar refractivity (Wildman–Crippen MR) is 68.5 cm³/mol. The van der Waals surface area contributed by atoms with E-state index in [4.69, 9.17) is 4.74 Å². The van der Waals surface area contributed by atoms with E-state index in [1.807, 2.05) is 19.1 Å². The maximum Gasteiger partial charge on any atom is 0.211 e. The molecule has 0 spiro atoms. The fraction of sp³-hybridized carbons (Fsp3) is 0.267. The Bertz CT molecular complexity index is 482. The maximum absolute atomic E-state index is 5.44. The predicted octanol–water partition coefficient (Wildman–Crippen LogP) is -0.0716. The summed E-state index contributed by atoms with van der Waals surface area (Å²) < 4.78 is 7.65. The first kappa shape index (κ1) is 14.7. The van der Waals surface area contributed by atoms with Crippen LogP contribution in [-0.2, 0) is 6.42 Å². The van der Waals surface area contributed by atoms with Crippen molar-refractivity contribution in [2.24, 2.45) is 0 Å². The minimum atomic E-state index is 0. The van der Waals surface area contributed by atoms with Crippen LogP contribution in [0.25, 0.3) is 5.69 Å². The molecule has 0 aliphatic rings. The maximum atomic E-state index is 5.44. The summed E-state index contributed by atoms with van der Waals surface area (Å²) in [7, 11) is 0. The zero-order valence-corrected chi connectivity index (χ0v) is 12.4. The quantitative estimate of drug-likeness (QED) is 0.721. The number of aryl methyl sites for hydroxylation is 1. The number of nitrogens with zero attached hydrogens (tertiary/aromatic N) is 1. The van der Waals surface area contributed by atoms with Gasteiger partial charge in [-0.05, 0) is 19.1 Å². The Morgan fingerprint density at radius 2 is 1.72 bits per heavy atom. The van der Waals surface area contributed by atoms with Gasteiger partial charge in [-0.15, -0.1) is 0 Å². The van der Waals surface area contributed by atoms with Gasteiger partial charge in [0.2, 0.25) is 5.69 Å². The van der Waals surface area contributed by atoms with Gasteiger partial charge < -0.3 is 21.7 Å². The summed E-state index contributed by atoms with van der Waals surface area (Å²) in [6.45, 7) is 4.87. The minimum absolute atomic E-state index is 0. The third-order valence-electron chi connectivity index (χ3n) is 2.73. The van der Waals surface area contributed by atoms with Crippen LogP contribution in [0, 0.1) is 0 Å². The van der Waals surface area contributed by atoms with Crippen LogP contribution in [0.4, 0.5) is 0 Å². The molecule has 0 aliphatic carbocycles.